The molecule has 78 valence electrons. The molecule has 0 saturated heterocycles. The maximum atomic E-state index is 13.3. The Hall–Kier alpha value is -0.970. The van der Waals surface area contributed by atoms with E-state index >= 15 is 0 Å². The van der Waals surface area contributed by atoms with E-state index in [4.69, 9.17) is 5.73 Å². The molecule has 1 aromatic rings. The monoisotopic (exact) mass is 219 g/mol. The standard InChI is InChI=1S/C9H11F2NOS/c1-4-5(2)9(14(3)13)7(11)6(10)8(4)12/h12H2,1-3H3. The van der Waals surface area contributed by atoms with E-state index < -0.39 is 22.4 Å². The molecule has 0 aliphatic heterocycles. The van der Waals surface area contributed by atoms with Gasteiger partial charge in [0.15, 0.2) is 11.6 Å². The van der Waals surface area contributed by atoms with Gasteiger partial charge in [0.2, 0.25) is 0 Å². The SMILES string of the molecule is Cc1c(C)c(S(C)=O)c(F)c(F)c1N. The maximum Gasteiger partial charge on any atom is 0.183 e. The summed E-state index contributed by atoms with van der Waals surface area (Å²) < 4.78 is 37.6. The van der Waals surface area contributed by atoms with Crippen molar-refractivity contribution in [2.75, 3.05) is 12.0 Å². The molecule has 0 aromatic heterocycles. The number of nitrogen functional groups attached to an aromatic ring is 1. The van der Waals surface area contributed by atoms with Crippen LogP contribution in [-0.2, 0) is 10.8 Å². The van der Waals surface area contributed by atoms with E-state index in [1.807, 2.05) is 0 Å². The molecule has 0 bridgehead atoms. The number of halogens is 2. The lowest BCUT2D eigenvalue weighted by molar-refractivity contribution is 0.490. The van der Waals surface area contributed by atoms with Crippen molar-refractivity contribution < 1.29 is 13.0 Å². The second-order valence-corrected chi connectivity index (χ2v) is 4.39. The van der Waals surface area contributed by atoms with E-state index in [1.54, 1.807) is 13.8 Å². The molecule has 1 rings (SSSR count). The summed E-state index contributed by atoms with van der Waals surface area (Å²) in [5, 5.41) is 0. The summed E-state index contributed by atoms with van der Waals surface area (Å²) in [4.78, 5) is -0.103. The summed E-state index contributed by atoms with van der Waals surface area (Å²) in [6.45, 7) is 3.15. The van der Waals surface area contributed by atoms with Crippen LogP contribution in [0.3, 0.4) is 0 Å². The molecule has 2 N–H and O–H groups in total. The van der Waals surface area contributed by atoms with Crippen molar-refractivity contribution in [2.45, 2.75) is 18.7 Å². The van der Waals surface area contributed by atoms with E-state index in [9.17, 15) is 13.0 Å². The molecule has 0 aliphatic carbocycles. The summed E-state index contributed by atoms with van der Waals surface area (Å²) in [5.74, 6) is -2.22. The molecule has 1 unspecified atom stereocenters. The second-order valence-electron chi connectivity index (χ2n) is 3.07. The van der Waals surface area contributed by atoms with Gasteiger partial charge in [-0.05, 0) is 25.0 Å². The average Bonchev–Trinajstić information content (AvgIpc) is 2.11. The second kappa shape index (κ2) is 3.65. The normalized spacial score (nSPS) is 12.9. The van der Waals surface area contributed by atoms with E-state index in [2.05, 4.69) is 0 Å². The zero-order valence-corrected chi connectivity index (χ0v) is 8.97. The van der Waals surface area contributed by atoms with Crippen molar-refractivity contribution in [1.29, 1.82) is 0 Å². The van der Waals surface area contributed by atoms with Gasteiger partial charge in [-0.2, -0.15) is 0 Å². The number of benzene rings is 1. The van der Waals surface area contributed by atoms with Crippen LogP contribution >= 0.6 is 0 Å². The highest BCUT2D eigenvalue weighted by Crippen LogP contribution is 2.28. The molecular weight excluding hydrogens is 208 g/mol. The average molecular weight is 219 g/mol. The van der Waals surface area contributed by atoms with E-state index in [-0.39, 0.29) is 10.6 Å². The first kappa shape index (κ1) is 11.1. The van der Waals surface area contributed by atoms with Gasteiger partial charge in [-0.1, -0.05) is 0 Å². The fraction of sp³-hybridized carbons (Fsp3) is 0.333. The van der Waals surface area contributed by atoms with Gasteiger partial charge in [0, 0.05) is 6.26 Å². The minimum Gasteiger partial charge on any atom is -0.396 e. The van der Waals surface area contributed by atoms with E-state index in [1.165, 1.54) is 6.26 Å². The van der Waals surface area contributed by atoms with Crippen LogP contribution in [-0.4, -0.2) is 10.5 Å². The Balaban J connectivity index is 3.68. The Morgan fingerprint density at radius 3 is 2.07 bits per heavy atom. The number of nitrogens with two attached hydrogens (primary N) is 1. The first-order valence-corrected chi connectivity index (χ1v) is 5.50. The molecule has 0 heterocycles. The van der Waals surface area contributed by atoms with Gasteiger partial charge in [0.25, 0.3) is 0 Å². The van der Waals surface area contributed by atoms with Crippen molar-refractivity contribution in [2.24, 2.45) is 0 Å². The molecule has 0 aliphatic rings. The number of hydrogen-bond acceptors (Lipinski definition) is 2. The van der Waals surface area contributed by atoms with Gasteiger partial charge < -0.3 is 5.73 Å². The lowest BCUT2D eigenvalue weighted by Crippen LogP contribution is -2.07. The number of anilines is 1. The van der Waals surface area contributed by atoms with Gasteiger partial charge in [0.05, 0.1) is 21.4 Å². The number of rotatable bonds is 1. The zero-order valence-electron chi connectivity index (χ0n) is 8.15. The zero-order chi connectivity index (χ0) is 11.0. The molecule has 0 radical (unpaired) electrons. The lowest BCUT2D eigenvalue weighted by atomic mass is 10.1. The van der Waals surface area contributed by atoms with E-state index in [0.29, 0.717) is 11.1 Å². The van der Waals surface area contributed by atoms with Crippen molar-refractivity contribution in [3.63, 3.8) is 0 Å². The van der Waals surface area contributed by atoms with E-state index in [0.717, 1.165) is 0 Å². The van der Waals surface area contributed by atoms with Crippen molar-refractivity contribution in [1.82, 2.24) is 0 Å². The molecule has 0 spiro atoms. The van der Waals surface area contributed by atoms with Gasteiger partial charge in [0.1, 0.15) is 0 Å². The molecule has 2 nitrogen and oxygen atoms in total. The Morgan fingerprint density at radius 1 is 1.14 bits per heavy atom. The minimum atomic E-state index is -1.55. The molecule has 14 heavy (non-hydrogen) atoms. The fourth-order valence-corrected chi connectivity index (χ4v) is 2.19. The lowest BCUT2D eigenvalue weighted by Gasteiger charge is -2.11. The molecule has 1 aromatic carbocycles. The summed E-state index contributed by atoms with van der Waals surface area (Å²) >= 11 is 0. The smallest absolute Gasteiger partial charge is 0.183 e. The van der Waals surface area contributed by atoms with Crippen LogP contribution in [0.15, 0.2) is 4.90 Å². The van der Waals surface area contributed by atoms with Crippen molar-refractivity contribution in [3.05, 3.63) is 22.8 Å². The van der Waals surface area contributed by atoms with Crippen LogP contribution < -0.4 is 5.73 Å². The third-order valence-electron chi connectivity index (χ3n) is 2.22. The van der Waals surface area contributed by atoms with Crippen LogP contribution in [0.25, 0.3) is 0 Å². The first-order valence-electron chi connectivity index (χ1n) is 3.95. The molecule has 0 fully saturated rings. The Kier molecular flexibility index (Phi) is 2.89. The summed E-state index contributed by atoms with van der Waals surface area (Å²) in [6, 6.07) is 0. The number of hydrogen-bond donors (Lipinski definition) is 1. The van der Waals surface area contributed by atoms with Crippen LogP contribution in [0.2, 0.25) is 0 Å². The molecule has 0 amide bonds. The Bertz CT molecular complexity index is 389. The Morgan fingerprint density at radius 2 is 1.64 bits per heavy atom. The van der Waals surface area contributed by atoms with Gasteiger partial charge in [-0.25, -0.2) is 8.78 Å². The van der Waals surface area contributed by atoms with Crippen LogP contribution in [0.4, 0.5) is 14.5 Å². The van der Waals surface area contributed by atoms with Gasteiger partial charge in [-0.3, -0.25) is 4.21 Å². The summed E-state index contributed by atoms with van der Waals surface area (Å²) in [7, 11) is -1.55. The third-order valence-corrected chi connectivity index (χ3v) is 3.28. The van der Waals surface area contributed by atoms with Crippen LogP contribution in [0.1, 0.15) is 11.1 Å². The van der Waals surface area contributed by atoms with Crippen LogP contribution in [0.5, 0.6) is 0 Å². The Labute approximate surface area is 83.6 Å². The fourth-order valence-electron chi connectivity index (χ4n) is 1.26. The van der Waals surface area contributed by atoms with Crippen LogP contribution in [0, 0.1) is 25.5 Å². The molecule has 5 heteroatoms. The summed E-state index contributed by atoms with van der Waals surface area (Å²) in [6.07, 6.45) is 1.31. The minimum absolute atomic E-state index is 0.103. The van der Waals surface area contributed by atoms with Crippen molar-refractivity contribution in [3.8, 4) is 0 Å². The van der Waals surface area contributed by atoms with Gasteiger partial charge >= 0.3 is 0 Å². The summed E-state index contributed by atoms with van der Waals surface area (Å²) in [5.41, 5.74) is 6.01. The largest absolute Gasteiger partial charge is 0.396 e. The topological polar surface area (TPSA) is 43.1 Å². The third kappa shape index (κ3) is 1.52. The maximum absolute atomic E-state index is 13.3. The van der Waals surface area contributed by atoms with Gasteiger partial charge in [-0.15, -0.1) is 0 Å². The highest BCUT2D eigenvalue weighted by atomic mass is 32.2. The highest BCUT2D eigenvalue weighted by Gasteiger charge is 2.20. The first-order chi connectivity index (χ1) is 6.37. The molecule has 0 saturated carbocycles. The highest BCUT2D eigenvalue weighted by molar-refractivity contribution is 7.84. The predicted octanol–water partition coefficient (Wildman–Crippen LogP) is 1.90. The van der Waals surface area contributed by atoms with Crippen molar-refractivity contribution >= 4 is 16.5 Å². The molecular formula is C9H11F2NOS. The predicted molar refractivity (Wildman–Crippen MR) is 52.6 cm³/mol. The molecule has 1 atom stereocenters. The quantitative estimate of drug-likeness (QED) is 0.733.